The summed E-state index contributed by atoms with van der Waals surface area (Å²) in [6, 6.07) is -0.817. The summed E-state index contributed by atoms with van der Waals surface area (Å²) in [5.74, 6) is -1.23. The number of carbonyl (C=O) groups excluding carboxylic acids is 1. The molecule has 0 aromatic rings. The monoisotopic (exact) mass is 262 g/mol. The Bertz CT molecular complexity index is 346. The summed E-state index contributed by atoms with van der Waals surface area (Å²) in [5, 5.41) is 40.2. The normalized spacial score (nSPS) is 31.5. The minimum Gasteiger partial charge on any atom is -0.478 e. The summed E-state index contributed by atoms with van der Waals surface area (Å²) in [4.78, 5) is 21.3. The molecule has 0 bridgehead atoms. The average Bonchev–Trinajstić information content (AvgIpc) is 2.56. The molecule has 1 saturated heterocycles. The van der Waals surface area contributed by atoms with E-state index in [-0.39, 0.29) is 0 Å². The number of carboxylic acids is 1. The largest absolute Gasteiger partial charge is 0.478 e. The van der Waals surface area contributed by atoms with E-state index in [2.05, 4.69) is 10.6 Å². The first-order valence-electron chi connectivity index (χ1n) is 5.04. The van der Waals surface area contributed by atoms with Crippen molar-refractivity contribution in [1.82, 2.24) is 10.6 Å². The summed E-state index contributed by atoms with van der Waals surface area (Å²) < 4.78 is 4.97. The minimum absolute atomic E-state index is 0.503. The van der Waals surface area contributed by atoms with Crippen molar-refractivity contribution in [3.63, 3.8) is 0 Å². The number of urea groups is 1. The van der Waals surface area contributed by atoms with Crippen LogP contribution in [0.1, 0.15) is 0 Å². The molecule has 1 fully saturated rings. The van der Waals surface area contributed by atoms with Gasteiger partial charge in [0.2, 0.25) is 0 Å². The van der Waals surface area contributed by atoms with Crippen molar-refractivity contribution in [2.45, 2.75) is 24.5 Å². The fourth-order valence-electron chi connectivity index (χ4n) is 1.38. The van der Waals surface area contributed by atoms with Gasteiger partial charge >= 0.3 is 12.0 Å². The van der Waals surface area contributed by atoms with Crippen LogP contribution in [0, 0.1) is 0 Å². The molecule has 9 nitrogen and oxygen atoms in total. The molecule has 4 atom stereocenters. The van der Waals surface area contributed by atoms with Crippen LogP contribution in [0.5, 0.6) is 0 Å². The lowest BCUT2D eigenvalue weighted by Crippen LogP contribution is -2.46. The van der Waals surface area contributed by atoms with Crippen molar-refractivity contribution in [3.05, 3.63) is 12.3 Å². The predicted molar refractivity (Wildman–Crippen MR) is 56.2 cm³/mol. The van der Waals surface area contributed by atoms with E-state index in [1.165, 1.54) is 0 Å². The fraction of sp³-hybridized carbons (Fsp3) is 0.556. The SMILES string of the molecule is O=C(O)/C=C/NC(=O)N[C@@H]1O[C@H](CO)[C@@H](O)[C@@H]1O. The van der Waals surface area contributed by atoms with E-state index in [0.29, 0.717) is 6.08 Å². The van der Waals surface area contributed by atoms with Gasteiger partial charge in [0.1, 0.15) is 18.3 Å². The first-order chi connectivity index (χ1) is 8.45. The number of aliphatic hydroxyl groups is 3. The fourth-order valence-corrected chi connectivity index (χ4v) is 1.38. The van der Waals surface area contributed by atoms with Gasteiger partial charge in [0.15, 0.2) is 6.23 Å². The number of ether oxygens (including phenoxy) is 1. The maximum atomic E-state index is 11.2. The Morgan fingerprint density at radius 3 is 2.44 bits per heavy atom. The maximum Gasteiger partial charge on any atom is 0.329 e. The molecule has 0 saturated carbocycles. The third-order valence-electron chi connectivity index (χ3n) is 2.26. The van der Waals surface area contributed by atoms with Crippen LogP contribution in [0.25, 0.3) is 0 Å². The van der Waals surface area contributed by atoms with Gasteiger partial charge in [-0.05, 0) is 0 Å². The van der Waals surface area contributed by atoms with Gasteiger partial charge < -0.3 is 35.8 Å². The summed E-state index contributed by atoms with van der Waals surface area (Å²) in [6.45, 7) is -0.503. The van der Waals surface area contributed by atoms with E-state index < -0.39 is 43.1 Å². The zero-order valence-electron chi connectivity index (χ0n) is 9.18. The molecular formula is C9H14N2O7. The van der Waals surface area contributed by atoms with Crippen molar-refractivity contribution in [2.24, 2.45) is 0 Å². The van der Waals surface area contributed by atoms with E-state index in [1.807, 2.05) is 0 Å². The number of hydrogen-bond acceptors (Lipinski definition) is 6. The van der Waals surface area contributed by atoms with Gasteiger partial charge in [0.25, 0.3) is 0 Å². The van der Waals surface area contributed by atoms with Crippen molar-refractivity contribution in [1.29, 1.82) is 0 Å². The van der Waals surface area contributed by atoms with Crippen LogP contribution in [-0.4, -0.2) is 63.6 Å². The van der Waals surface area contributed by atoms with Gasteiger partial charge in [-0.1, -0.05) is 0 Å². The highest BCUT2D eigenvalue weighted by Gasteiger charge is 2.42. The van der Waals surface area contributed by atoms with Gasteiger partial charge in [-0.15, -0.1) is 0 Å². The Labute approximate surface area is 102 Å². The van der Waals surface area contributed by atoms with E-state index in [1.54, 1.807) is 0 Å². The van der Waals surface area contributed by atoms with Gasteiger partial charge in [-0.25, -0.2) is 9.59 Å². The molecule has 1 aliphatic rings. The number of hydrogen-bond donors (Lipinski definition) is 6. The van der Waals surface area contributed by atoms with Crippen molar-refractivity contribution in [2.75, 3.05) is 6.61 Å². The van der Waals surface area contributed by atoms with Gasteiger partial charge in [0.05, 0.1) is 6.61 Å². The standard InChI is InChI=1S/C9H14N2O7/c12-3-4-6(15)7(16)8(18-4)11-9(17)10-2-1-5(13)14/h1-2,4,6-8,12,15-16H,3H2,(H,13,14)(H2,10,11,17)/b2-1+/t4-,6-,7+,8-/m1/s1. The number of carbonyl (C=O) groups is 2. The average molecular weight is 262 g/mol. The molecule has 0 unspecified atom stereocenters. The Kier molecular flexibility index (Phi) is 5.04. The first kappa shape index (κ1) is 14.4. The first-order valence-corrected chi connectivity index (χ1v) is 5.04. The number of carboxylic acid groups (broad SMARTS) is 1. The number of nitrogens with one attached hydrogen (secondary N) is 2. The third-order valence-corrected chi connectivity index (χ3v) is 2.26. The predicted octanol–water partition coefficient (Wildman–Crippen LogP) is -2.68. The minimum atomic E-state index is -1.38. The lowest BCUT2D eigenvalue weighted by Gasteiger charge is -2.15. The van der Waals surface area contributed by atoms with Crippen LogP contribution >= 0.6 is 0 Å². The summed E-state index contributed by atoms with van der Waals surface area (Å²) in [7, 11) is 0. The Hall–Kier alpha value is -1.68. The topological polar surface area (TPSA) is 148 Å². The Morgan fingerprint density at radius 1 is 1.28 bits per heavy atom. The van der Waals surface area contributed by atoms with Gasteiger partial charge in [0, 0.05) is 12.3 Å². The van der Waals surface area contributed by atoms with Crippen LogP contribution in [0.3, 0.4) is 0 Å². The Morgan fingerprint density at radius 2 is 1.94 bits per heavy atom. The van der Waals surface area contributed by atoms with Crippen molar-refractivity contribution >= 4 is 12.0 Å². The lowest BCUT2D eigenvalue weighted by molar-refractivity contribution is -0.131. The zero-order valence-corrected chi connectivity index (χ0v) is 9.18. The third kappa shape index (κ3) is 3.67. The molecule has 1 aliphatic heterocycles. The zero-order chi connectivity index (χ0) is 13.7. The molecule has 0 radical (unpaired) electrons. The molecule has 0 aliphatic carbocycles. The smallest absolute Gasteiger partial charge is 0.329 e. The maximum absolute atomic E-state index is 11.2. The number of aliphatic hydroxyl groups excluding tert-OH is 3. The molecule has 0 aromatic carbocycles. The second-order valence-electron chi connectivity index (χ2n) is 3.55. The summed E-state index contributed by atoms with van der Waals surface area (Å²) in [6.07, 6.45) is -3.27. The summed E-state index contributed by atoms with van der Waals surface area (Å²) >= 11 is 0. The van der Waals surface area contributed by atoms with E-state index in [4.69, 9.17) is 14.9 Å². The molecule has 1 heterocycles. The van der Waals surface area contributed by atoms with Crippen LogP contribution in [0.15, 0.2) is 12.3 Å². The number of amides is 2. The van der Waals surface area contributed by atoms with Crippen molar-refractivity contribution in [3.8, 4) is 0 Å². The quantitative estimate of drug-likeness (QED) is 0.302. The molecule has 2 amide bonds. The summed E-state index contributed by atoms with van der Waals surface area (Å²) in [5.41, 5.74) is 0. The second-order valence-corrected chi connectivity index (χ2v) is 3.55. The van der Waals surface area contributed by atoms with Gasteiger partial charge in [-0.3, -0.25) is 0 Å². The van der Waals surface area contributed by atoms with Crippen LogP contribution in [0.2, 0.25) is 0 Å². The molecule has 6 N–H and O–H groups in total. The van der Waals surface area contributed by atoms with E-state index in [9.17, 15) is 19.8 Å². The van der Waals surface area contributed by atoms with Crippen LogP contribution in [-0.2, 0) is 9.53 Å². The molecule has 1 rings (SSSR count). The highest BCUT2D eigenvalue weighted by Crippen LogP contribution is 2.18. The van der Waals surface area contributed by atoms with Gasteiger partial charge in [-0.2, -0.15) is 0 Å². The highest BCUT2D eigenvalue weighted by molar-refractivity contribution is 5.81. The number of rotatable bonds is 4. The molecule has 102 valence electrons. The van der Waals surface area contributed by atoms with Crippen LogP contribution < -0.4 is 10.6 Å². The van der Waals surface area contributed by atoms with Crippen LogP contribution in [0.4, 0.5) is 4.79 Å². The number of aliphatic carboxylic acids is 1. The van der Waals surface area contributed by atoms with E-state index in [0.717, 1.165) is 6.20 Å². The van der Waals surface area contributed by atoms with Crippen molar-refractivity contribution < 1.29 is 34.8 Å². The van der Waals surface area contributed by atoms with E-state index >= 15 is 0 Å². The molecular weight excluding hydrogens is 248 g/mol. The molecule has 0 spiro atoms. The highest BCUT2D eigenvalue weighted by atomic mass is 16.6. The molecule has 18 heavy (non-hydrogen) atoms. The lowest BCUT2D eigenvalue weighted by atomic mass is 10.1. The molecule has 0 aromatic heterocycles. The second kappa shape index (κ2) is 6.31. The Balaban J connectivity index is 2.43. The molecule has 9 heteroatoms.